The lowest BCUT2D eigenvalue weighted by atomic mass is 9.98. The number of benzene rings is 3. The van der Waals surface area contributed by atoms with E-state index < -0.39 is 0 Å². The van der Waals surface area contributed by atoms with Gasteiger partial charge >= 0.3 is 0 Å². The summed E-state index contributed by atoms with van der Waals surface area (Å²) < 4.78 is 2.35. The van der Waals surface area contributed by atoms with Crippen molar-refractivity contribution in [3.63, 3.8) is 0 Å². The molecule has 4 rings (SSSR count). The fraction of sp³-hybridized carbons (Fsp3) is 0.136. The van der Waals surface area contributed by atoms with E-state index in [1.165, 1.54) is 10.8 Å². The fourth-order valence-corrected chi connectivity index (χ4v) is 3.67. The maximum absolute atomic E-state index is 6.14. The summed E-state index contributed by atoms with van der Waals surface area (Å²) in [6.45, 7) is 3.08. The zero-order valence-electron chi connectivity index (χ0n) is 14.9. The van der Waals surface area contributed by atoms with Gasteiger partial charge in [-0.2, -0.15) is 4.57 Å². The quantitative estimate of drug-likeness (QED) is 0.297. The van der Waals surface area contributed by atoms with E-state index in [-0.39, 0.29) is 0 Å². The molecule has 4 nitrogen and oxygen atoms in total. The Kier molecular flexibility index (Phi) is 3.88. The molecular weight excluding hydrogens is 320 g/mol. The van der Waals surface area contributed by atoms with Crippen LogP contribution in [0, 0.1) is 0 Å². The number of nitrogens with two attached hydrogens (primary N) is 3. The lowest BCUT2D eigenvalue weighted by Gasteiger charge is -2.13. The van der Waals surface area contributed by atoms with Crippen LogP contribution in [0.4, 0.5) is 17.1 Å². The number of hydrogen-bond donors (Lipinski definition) is 3. The standard InChI is InChI=1S/C22H22N4/c1-2-11-26-21-13-17(25)8-10-19(21)18-9-7-16(24)12-20(18)22(26)14-3-5-15(23)6-4-14/h3-10,12-13H,2,11,24H2,1H3,(H3,23,25)/p+1. The van der Waals surface area contributed by atoms with Crippen LogP contribution in [0.1, 0.15) is 13.3 Å². The zero-order chi connectivity index (χ0) is 18.3. The van der Waals surface area contributed by atoms with Gasteiger partial charge in [0.25, 0.3) is 0 Å². The van der Waals surface area contributed by atoms with Crippen molar-refractivity contribution in [3.8, 4) is 11.3 Å². The first-order chi connectivity index (χ1) is 12.6. The molecule has 1 aromatic heterocycles. The number of anilines is 3. The van der Waals surface area contributed by atoms with Gasteiger partial charge in [-0.1, -0.05) is 13.0 Å². The summed E-state index contributed by atoms with van der Waals surface area (Å²) in [6.07, 6.45) is 1.02. The van der Waals surface area contributed by atoms with E-state index in [0.29, 0.717) is 0 Å². The van der Waals surface area contributed by atoms with Crippen LogP contribution >= 0.6 is 0 Å². The van der Waals surface area contributed by atoms with E-state index in [1.807, 2.05) is 24.3 Å². The smallest absolute Gasteiger partial charge is 0.220 e. The van der Waals surface area contributed by atoms with E-state index in [4.69, 9.17) is 17.2 Å². The highest BCUT2D eigenvalue weighted by atomic mass is 15.0. The summed E-state index contributed by atoms with van der Waals surface area (Å²) in [5.41, 5.74) is 23.8. The summed E-state index contributed by atoms with van der Waals surface area (Å²) in [5, 5.41) is 3.50. The number of nitrogen functional groups attached to an aromatic ring is 3. The van der Waals surface area contributed by atoms with Gasteiger partial charge in [0.2, 0.25) is 11.2 Å². The van der Waals surface area contributed by atoms with Gasteiger partial charge in [-0.05, 0) is 48.5 Å². The first-order valence-corrected chi connectivity index (χ1v) is 8.88. The van der Waals surface area contributed by atoms with Crippen LogP contribution < -0.4 is 21.8 Å². The summed E-state index contributed by atoms with van der Waals surface area (Å²) >= 11 is 0. The van der Waals surface area contributed by atoms with Crippen molar-refractivity contribution in [2.75, 3.05) is 17.2 Å². The van der Waals surface area contributed by atoms with Gasteiger partial charge in [0.1, 0.15) is 6.54 Å². The predicted octanol–water partition coefficient (Wildman–Crippen LogP) is 4.10. The van der Waals surface area contributed by atoms with Crippen LogP contribution in [0.2, 0.25) is 0 Å². The Bertz CT molecular complexity index is 1110. The Morgan fingerprint density at radius 3 is 2.00 bits per heavy atom. The minimum Gasteiger partial charge on any atom is -0.399 e. The third-order valence-electron chi connectivity index (χ3n) is 4.80. The van der Waals surface area contributed by atoms with Crippen LogP contribution in [0.25, 0.3) is 32.9 Å². The van der Waals surface area contributed by atoms with E-state index in [0.717, 1.165) is 52.2 Å². The topological polar surface area (TPSA) is 81.9 Å². The second-order valence-electron chi connectivity index (χ2n) is 6.70. The van der Waals surface area contributed by atoms with Crippen molar-refractivity contribution in [2.24, 2.45) is 0 Å². The molecule has 4 aromatic rings. The van der Waals surface area contributed by atoms with Crippen molar-refractivity contribution < 1.29 is 4.57 Å². The number of aryl methyl sites for hydroxylation is 1. The van der Waals surface area contributed by atoms with Crippen LogP contribution in [-0.4, -0.2) is 0 Å². The minimum absolute atomic E-state index is 0.754. The van der Waals surface area contributed by atoms with Crippen molar-refractivity contribution in [1.82, 2.24) is 0 Å². The lowest BCUT2D eigenvalue weighted by Crippen LogP contribution is -2.37. The molecule has 0 saturated heterocycles. The van der Waals surface area contributed by atoms with Crippen LogP contribution in [0.15, 0.2) is 60.7 Å². The Morgan fingerprint density at radius 2 is 1.31 bits per heavy atom. The van der Waals surface area contributed by atoms with Crippen LogP contribution in [0.3, 0.4) is 0 Å². The van der Waals surface area contributed by atoms with Gasteiger partial charge in [-0.25, -0.2) is 0 Å². The largest absolute Gasteiger partial charge is 0.399 e. The molecule has 0 aliphatic heterocycles. The van der Waals surface area contributed by atoms with E-state index in [9.17, 15) is 0 Å². The zero-order valence-corrected chi connectivity index (χ0v) is 14.9. The molecule has 0 spiro atoms. The van der Waals surface area contributed by atoms with Crippen molar-refractivity contribution >= 4 is 38.7 Å². The van der Waals surface area contributed by atoms with Crippen molar-refractivity contribution in [3.05, 3.63) is 60.7 Å². The van der Waals surface area contributed by atoms with E-state index >= 15 is 0 Å². The van der Waals surface area contributed by atoms with Gasteiger partial charge in [0.15, 0.2) is 0 Å². The number of pyridine rings is 1. The molecule has 0 saturated carbocycles. The number of hydrogen-bond acceptors (Lipinski definition) is 3. The molecule has 0 aliphatic carbocycles. The first-order valence-electron chi connectivity index (χ1n) is 8.88. The highest BCUT2D eigenvalue weighted by Gasteiger charge is 2.23. The number of rotatable bonds is 3. The third kappa shape index (κ3) is 2.60. The van der Waals surface area contributed by atoms with Crippen LogP contribution in [0.5, 0.6) is 0 Å². The molecule has 0 radical (unpaired) electrons. The molecule has 0 atom stereocenters. The molecule has 0 amide bonds. The molecule has 6 N–H and O–H groups in total. The predicted molar refractivity (Wildman–Crippen MR) is 111 cm³/mol. The van der Waals surface area contributed by atoms with E-state index in [1.54, 1.807) is 0 Å². The molecule has 130 valence electrons. The lowest BCUT2D eigenvalue weighted by molar-refractivity contribution is -0.659. The summed E-state index contributed by atoms with van der Waals surface area (Å²) in [5.74, 6) is 0. The molecule has 4 heteroatoms. The van der Waals surface area contributed by atoms with Gasteiger partial charge in [0.05, 0.1) is 10.8 Å². The Morgan fingerprint density at radius 1 is 0.692 bits per heavy atom. The Hall–Kier alpha value is -3.27. The van der Waals surface area contributed by atoms with Crippen LogP contribution in [-0.2, 0) is 6.54 Å². The average molecular weight is 343 g/mol. The second kappa shape index (κ2) is 6.23. The first kappa shape index (κ1) is 16.2. The van der Waals surface area contributed by atoms with Gasteiger partial charge < -0.3 is 17.2 Å². The summed E-state index contributed by atoms with van der Waals surface area (Å²) in [6, 6.07) is 20.2. The number of nitrogens with zero attached hydrogens (tertiary/aromatic N) is 1. The van der Waals surface area contributed by atoms with Gasteiger partial charge in [-0.3, -0.25) is 0 Å². The molecule has 0 unspecified atom stereocenters. The third-order valence-corrected chi connectivity index (χ3v) is 4.80. The SMILES string of the molecule is CCC[n+]1c(-c2ccc(N)cc2)c2cc(N)ccc2c2ccc(N)cc21. The Balaban J connectivity index is 2.22. The summed E-state index contributed by atoms with van der Waals surface area (Å²) in [7, 11) is 0. The molecule has 0 bridgehead atoms. The maximum atomic E-state index is 6.14. The summed E-state index contributed by atoms with van der Waals surface area (Å²) in [4.78, 5) is 0. The monoisotopic (exact) mass is 343 g/mol. The van der Waals surface area contributed by atoms with Crippen molar-refractivity contribution in [1.29, 1.82) is 0 Å². The molecule has 3 aromatic carbocycles. The van der Waals surface area contributed by atoms with Gasteiger partial charge in [0, 0.05) is 40.5 Å². The number of aromatic nitrogens is 1. The number of fused-ring (bicyclic) bond motifs is 3. The maximum Gasteiger partial charge on any atom is 0.220 e. The average Bonchev–Trinajstić information content (AvgIpc) is 2.63. The molecule has 0 aliphatic rings. The van der Waals surface area contributed by atoms with Gasteiger partial charge in [-0.15, -0.1) is 0 Å². The highest BCUT2D eigenvalue weighted by Crippen LogP contribution is 2.33. The molecule has 26 heavy (non-hydrogen) atoms. The fourth-order valence-electron chi connectivity index (χ4n) is 3.67. The highest BCUT2D eigenvalue weighted by molar-refractivity contribution is 6.10. The minimum atomic E-state index is 0.754. The molecule has 0 fully saturated rings. The molecular formula is C22H23N4+. The normalized spacial score (nSPS) is 11.3. The van der Waals surface area contributed by atoms with E-state index in [2.05, 4.69) is 47.9 Å². The molecule has 1 heterocycles. The Labute approximate surface area is 152 Å². The second-order valence-corrected chi connectivity index (χ2v) is 6.70. The van der Waals surface area contributed by atoms with Crippen molar-refractivity contribution in [2.45, 2.75) is 19.9 Å².